The average Bonchev–Trinajstić information content (AvgIpc) is 2.73. The smallest absolute Gasteiger partial charge is 0.331 e. The van der Waals surface area contributed by atoms with Gasteiger partial charge in [0.25, 0.3) is 0 Å². The molecule has 1 aliphatic rings. The first kappa shape index (κ1) is 21.6. The van der Waals surface area contributed by atoms with E-state index in [1.165, 1.54) is 19.2 Å². The number of ether oxygens (including phenoxy) is 2. The molecule has 1 heterocycles. The van der Waals surface area contributed by atoms with Gasteiger partial charge in [0, 0.05) is 36.6 Å². The molecule has 0 bridgehead atoms. The second-order valence-electron chi connectivity index (χ2n) is 7.00. The molecule has 0 amide bonds. The van der Waals surface area contributed by atoms with Crippen LogP contribution in [-0.4, -0.2) is 36.9 Å². The van der Waals surface area contributed by atoms with Crippen molar-refractivity contribution in [3.8, 4) is 17.0 Å². The lowest BCUT2D eigenvalue weighted by Gasteiger charge is -2.17. The molecule has 0 atom stereocenters. The number of carboxylic acids is 1. The minimum atomic E-state index is -0.948. The molecule has 5 nitrogen and oxygen atoms in total. The number of aliphatic carboxylic acids is 1. The van der Waals surface area contributed by atoms with Crippen LogP contribution in [0.15, 0.2) is 42.1 Å². The molecule has 1 aromatic heterocycles. The molecule has 158 valence electrons. The summed E-state index contributed by atoms with van der Waals surface area (Å²) in [6, 6.07) is 4.34. The first-order chi connectivity index (χ1) is 14.4. The Balaban J connectivity index is 2.08. The summed E-state index contributed by atoms with van der Waals surface area (Å²) < 4.78 is 38.5. The minimum Gasteiger partial charge on any atom is -0.491 e. The SMILES string of the molecule is COCCCc1cnc(-c2cc(F)c(OC)c(F)c2)c(C2=CC=C(C(=O)O)CC2)c1. The molecule has 0 saturated carbocycles. The average molecular weight is 415 g/mol. The Morgan fingerprint density at radius 3 is 2.43 bits per heavy atom. The molecule has 7 heteroatoms. The first-order valence-corrected chi connectivity index (χ1v) is 9.59. The highest BCUT2D eigenvalue weighted by Crippen LogP contribution is 2.36. The molecule has 0 aliphatic heterocycles. The molecule has 3 rings (SSSR count). The Morgan fingerprint density at radius 2 is 1.87 bits per heavy atom. The second-order valence-corrected chi connectivity index (χ2v) is 7.00. The summed E-state index contributed by atoms with van der Waals surface area (Å²) >= 11 is 0. The largest absolute Gasteiger partial charge is 0.491 e. The number of hydrogen-bond donors (Lipinski definition) is 1. The van der Waals surface area contributed by atoms with Gasteiger partial charge in [0.2, 0.25) is 0 Å². The van der Waals surface area contributed by atoms with Gasteiger partial charge in [-0.15, -0.1) is 0 Å². The van der Waals surface area contributed by atoms with Crippen molar-refractivity contribution >= 4 is 11.5 Å². The van der Waals surface area contributed by atoms with Crippen LogP contribution in [0.3, 0.4) is 0 Å². The van der Waals surface area contributed by atoms with E-state index in [2.05, 4.69) is 4.98 Å². The van der Waals surface area contributed by atoms with Gasteiger partial charge in [-0.2, -0.15) is 0 Å². The number of nitrogens with zero attached hydrogens (tertiary/aromatic N) is 1. The van der Waals surface area contributed by atoms with Gasteiger partial charge in [-0.1, -0.05) is 12.2 Å². The topological polar surface area (TPSA) is 68.7 Å². The highest BCUT2D eigenvalue weighted by molar-refractivity contribution is 5.90. The Morgan fingerprint density at radius 1 is 1.13 bits per heavy atom. The van der Waals surface area contributed by atoms with Crippen molar-refractivity contribution < 1.29 is 28.2 Å². The third-order valence-corrected chi connectivity index (χ3v) is 5.00. The molecular formula is C23H23F2NO4. The number of carbonyl (C=O) groups is 1. The van der Waals surface area contributed by atoms with E-state index in [-0.39, 0.29) is 5.56 Å². The number of hydrogen-bond acceptors (Lipinski definition) is 4. The van der Waals surface area contributed by atoms with E-state index in [4.69, 9.17) is 9.47 Å². The maximum absolute atomic E-state index is 14.3. The fraction of sp³-hybridized carbons (Fsp3) is 0.304. The zero-order valence-electron chi connectivity index (χ0n) is 16.9. The van der Waals surface area contributed by atoms with Crippen molar-refractivity contribution in [2.24, 2.45) is 0 Å². The van der Waals surface area contributed by atoms with E-state index in [9.17, 15) is 18.7 Å². The van der Waals surface area contributed by atoms with Gasteiger partial charge in [-0.05, 0) is 55.0 Å². The van der Waals surface area contributed by atoms with Crippen LogP contribution in [-0.2, 0) is 16.0 Å². The van der Waals surface area contributed by atoms with Gasteiger partial charge in [0.1, 0.15) is 0 Å². The van der Waals surface area contributed by atoms with E-state index in [1.54, 1.807) is 25.5 Å². The van der Waals surface area contributed by atoms with Gasteiger partial charge in [0.15, 0.2) is 17.4 Å². The lowest BCUT2D eigenvalue weighted by atomic mass is 9.89. The summed E-state index contributed by atoms with van der Waals surface area (Å²) in [6.45, 7) is 0.611. The van der Waals surface area contributed by atoms with Crippen molar-refractivity contribution in [2.45, 2.75) is 25.7 Å². The molecule has 1 aromatic carbocycles. The highest BCUT2D eigenvalue weighted by atomic mass is 19.1. The zero-order chi connectivity index (χ0) is 21.7. The molecule has 2 aromatic rings. The first-order valence-electron chi connectivity index (χ1n) is 9.59. The molecule has 0 unspecified atom stereocenters. The van der Waals surface area contributed by atoms with Crippen LogP contribution < -0.4 is 4.74 Å². The highest BCUT2D eigenvalue weighted by Gasteiger charge is 2.20. The lowest BCUT2D eigenvalue weighted by Crippen LogP contribution is -2.05. The summed E-state index contributed by atoms with van der Waals surface area (Å²) in [4.78, 5) is 15.7. The van der Waals surface area contributed by atoms with E-state index in [0.29, 0.717) is 30.7 Å². The summed E-state index contributed by atoms with van der Waals surface area (Å²) in [6.07, 6.45) is 7.42. The number of aromatic nitrogens is 1. The fourth-order valence-electron chi connectivity index (χ4n) is 3.47. The summed E-state index contributed by atoms with van der Waals surface area (Å²) in [5.74, 6) is -3.01. The Labute approximate surface area is 173 Å². The van der Waals surface area contributed by atoms with Crippen molar-refractivity contribution in [1.82, 2.24) is 4.98 Å². The minimum absolute atomic E-state index is 0.290. The van der Waals surface area contributed by atoms with Crippen LogP contribution in [0.2, 0.25) is 0 Å². The molecular weight excluding hydrogens is 392 g/mol. The van der Waals surface area contributed by atoms with Gasteiger partial charge in [0.05, 0.1) is 12.8 Å². The third kappa shape index (κ3) is 4.74. The number of rotatable bonds is 8. The second kappa shape index (κ2) is 9.63. The van der Waals surface area contributed by atoms with Crippen molar-refractivity contribution in [3.63, 3.8) is 0 Å². The summed E-state index contributed by atoms with van der Waals surface area (Å²) in [5.41, 5.74) is 3.62. The lowest BCUT2D eigenvalue weighted by molar-refractivity contribution is -0.132. The summed E-state index contributed by atoms with van der Waals surface area (Å²) in [5, 5.41) is 9.19. The van der Waals surface area contributed by atoms with Crippen LogP contribution >= 0.6 is 0 Å². The van der Waals surface area contributed by atoms with Gasteiger partial charge in [-0.25, -0.2) is 13.6 Å². The maximum atomic E-state index is 14.3. The zero-order valence-corrected chi connectivity index (χ0v) is 16.9. The number of allylic oxidation sites excluding steroid dienone is 3. The molecule has 1 N–H and O–H groups in total. The standard InChI is InChI=1S/C23H23F2NO4/c1-29-9-3-4-14-10-18(15-5-7-16(8-6-15)23(27)28)21(26-13-14)17-11-19(24)22(30-2)20(25)12-17/h5,7,10-13H,3-4,6,8-9H2,1-2H3,(H,27,28). The molecule has 0 saturated heterocycles. The third-order valence-electron chi connectivity index (χ3n) is 5.00. The predicted octanol–water partition coefficient (Wildman–Crippen LogP) is 4.80. The van der Waals surface area contributed by atoms with Crippen LogP contribution in [0.25, 0.3) is 16.8 Å². The fourth-order valence-corrected chi connectivity index (χ4v) is 3.47. The number of methoxy groups -OCH3 is 2. The number of carboxylic acid groups (broad SMARTS) is 1. The maximum Gasteiger partial charge on any atom is 0.331 e. The van der Waals surface area contributed by atoms with Crippen LogP contribution in [0, 0.1) is 11.6 Å². The number of pyridine rings is 1. The molecule has 1 aliphatic carbocycles. The van der Waals surface area contributed by atoms with Crippen molar-refractivity contribution in [2.75, 3.05) is 20.8 Å². The van der Waals surface area contributed by atoms with Crippen LogP contribution in [0.1, 0.15) is 30.4 Å². The normalized spacial score (nSPS) is 13.6. The van der Waals surface area contributed by atoms with Gasteiger partial charge < -0.3 is 14.6 Å². The Hall–Kier alpha value is -3.06. The number of benzene rings is 1. The Kier molecular flexibility index (Phi) is 6.95. The molecule has 0 radical (unpaired) electrons. The quantitative estimate of drug-likeness (QED) is 0.627. The van der Waals surface area contributed by atoms with Crippen molar-refractivity contribution in [3.05, 3.63) is 64.9 Å². The van der Waals surface area contributed by atoms with E-state index in [1.807, 2.05) is 6.07 Å². The van der Waals surface area contributed by atoms with E-state index in [0.717, 1.165) is 29.5 Å². The van der Waals surface area contributed by atoms with E-state index < -0.39 is 23.4 Å². The number of aryl methyl sites for hydroxylation is 1. The van der Waals surface area contributed by atoms with Crippen LogP contribution in [0.4, 0.5) is 8.78 Å². The molecule has 0 fully saturated rings. The van der Waals surface area contributed by atoms with Gasteiger partial charge >= 0.3 is 5.97 Å². The van der Waals surface area contributed by atoms with Gasteiger partial charge in [-0.3, -0.25) is 4.98 Å². The molecule has 0 spiro atoms. The summed E-state index contributed by atoms with van der Waals surface area (Å²) in [7, 11) is 2.84. The van der Waals surface area contributed by atoms with Crippen LogP contribution in [0.5, 0.6) is 5.75 Å². The van der Waals surface area contributed by atoms with Crippen molar-refractivity contribution in [1.29, 1.82) is 0 Å². The molecule has 30 heavy (non-hydrogen) atoms. The monoisotopic (exact) mass is 415 g/mol. The number of halogens is 2. The predicted molar refractivity (Wildman–Crippen MR) is 109 cm³/mol. The van der Waals surface area contributed by atoms with E-state index >= 15 is 0 Å². The Bertz CT molecular complexity index is 991.